The normalized spacial score (nSPS) is 19.4. The van der Waals surface area contributed by atoms with Gasteiger partial charge in [0, 0.05) is 10.6 Å². The van der Waals surface area contributed by atoms with Gasteiger partial charge in [0.1, 0.15) is 6.79 Å². The number of carbonyl (C=O) groups is 1. The summed E-state index contributed by atoms with van der Waals surface area (Å²) in [6.45, 7) is 2.91. The predicted octanol–water partition coefficient (Wildman–Crippen LogP) is 2.53. The maximum Gasteiger partial charge on any atom is 0.173 e. The average Bonchev–Trinajstić information content (AvgIpc) is 2.30. The summed E-state index contributed by atoms with van der Waals surface area (Å²) in [5, 5.41) is 0.623. The molecule has 0 unspecified atom stereocenters. The van der Waals surface area contributed by atoms with Crippen LogP contribution in [0.5, 0.6) is 0 Å². The van der Waals surface area contributed by atoms with E-state index in [4.69, 9.17) is 21.1 Å². The van der Waals surface area contributed by atoms with Gasteiger partial charge in [0.25, 0.3) is 0 Å². The van der Waals surface area contributed by atoms with Crippen LogP contribution in [-0.4, -0.2) is 25.8 Å². The maximum absolute atomic E-state index is 12.2. The van der Waals surface area contributed by atoms with Crippen molar-refractivity contribution in [3.63, 3.8) is 0 Å². The summed E-state index contributed by atoms with van der Waals surface area (Å²) in [6, 6.07) is 6.88. The minimum Gasteiger partial charge on any atom is -0.354 e. The highest BCUT2D eigenvalue weighted by atomic mass is 35.5. The van der Waals surface area contributed by atoms with E-state index in [-0.39, 0.29) is 12.6 Å². The third-order valence-electron chi connectivity index (χ3n) is 2.66. The first-order valence-corrected chi connectivity index (χ1v) is 5.45. The Morgan fingerprint density at radius 1 is 1.25 bits per heavy atom. The van der Waals surface area contributed by atoms with Crippen molar-refractivity contribution in [2.45, 2.75) is 6.92 Å². The Kier molecular flexibility index (Phi) is 3.28. The molecule has 0 spiro atoms. The van der Waals surface area contributed by atoms with Gasteiger partial charge in [-0.3, -0.25) is 4.79 Å². The molecule has 0 N–H and O–H groups in total. The molecule has 0 radical (unpaired) electrons. The second-order valence-corrected chi connectivity index (χ2v) is 4.65. The van der Waals surface area contributed by atoms with E-state index in [2.05, 4.69) is 0 Å². The number of benzene rings is 1. The fourth-order valence-corrected chi connectivity index (χ4v) is 1.84. The zero-order chi connectivity index (χ0) is 11.6. The number of carbonyl (C=O) groups excluding carboxylic acids is 1. The van der Waals surface area contributed by atoms with Crippen molar-refractivity contribution in [2.24, 2.45) is 5.41 Å². The molecule has 1 aliphatic rings. The molecule has 1 aromatic rings. The molecule has 1 heterocycles. The molecule has 4 heteroatoms. The van der Waals surface area contributed by atoms with Crippen molar-refractivity contribution in [3.8, 4) is 0 Å². The number of hydrogen-bond acceptors (Lipinski definition) is 3. The van der Waals surface area contributed by atoms with Gasteiger partial charge in [-0.05, 0) is 31.2 Å². The van der Waals surface area contributed by atoms with Crippen LogP contribution in [0.3, 0.4) is 0 Å². The van der Waals surface area contributed by atoms with E-state index in [1.165, 1.54) is 0 Å². The van der Waals surface area contributed by atoms with E-state index in [9.17, 15) is 4.79 Å². The van der Waals surface area contributed by atoms with Crippen LogP contribution >= 0.6 is 11.6 Å². The van der Waals surface area contributed by atoms with Crippen molar-refractivity contribution < 1.29 is 14.3 Å². The Balaban J connectivity index is 2.20. The molecule has 0 atom stereocenters. The third kappa shape index (κ3) is 2.26. The lowest BCUT2D eigenvalue weighted by Crippen LogP contribution is -2.41. The SMILES string of the molecule is CC1(C(=O)c2ccc(Cl)cc2)COCOC1. The number of rotatable bonds is 2. The summed E-state index contributed by atoms with van der Waals surface area (Å²) in [4.78, 5) is 12.2. The summed E-state index contributed by atoms with van der Waals surface area (Å²) in [6.07, 6.45) is 0. The quantitative estimate of drug-likeness (QED) is 0.746. The van der Waals surface area contributed by atoms with Gasteiger partial charge in [0.05, 0.1) is 18.6 Å². The number of hydrogen-bond donors (Lipinski definition) is 0. The molecule has 1 saturated heterocycles. The highest BCUT2D eigenvalue weighted by Gasteiger charge is 2.36. The largest absolute Gasteiger partial charge is 0.354 e. The standard InChI is InChI=1S/C12H13ClO3/c1-12(6-15-8-16-7-12)11(14)9-2-4-10(13)5-3-9/h2-5H,6-8H2,1H3. The zero-order valence-corrected chi connectivity index (χ0v) is 9.79. The van der Waals surface area contributed by atoms with E-state index in [0.717, 1.165) is 0 Å². The lowest BCUT2D eigenvalue weighted by atomic mass is 9.83. The second-order valence-electron chi connectivity index (χ2n) is 4.21. The number of halogens is 1. The molecule has 0 aromatic heterocycles. The summed E-state index contributed by atoms with van der Waals surface area (Å²) >= 11 is 5.78. The van der Waals surface area contributed by atoms with Crippen molar-refractivity contribution in [3.05, 3.63) is 34.9 Å². The molecule has 3 nitrogen and oxygen atoms in total. The molecule has 86 valence electrons. The monoisotopic (exact) mass is 240 g/mol. The fraction of sp³-hybridized carbons (Fsp3) is 0.417. The van der Waals surface area contributed by atoms with E-state index >= 15 is 0 Å². The van der Waals surface area contributed by atoms with Crippen LogP contribution < -0.4 is 0 Å². The summed E-state index contributed by atoms with van der Waals surface area (Å²) < 4.78 is 10.4. The van der Waals surface area contributed by atoms with Gasteiger partial charge < -0.3 is 9.47 Å². The van der Waals surface area contributed by atoms with Crippen LogP contribution in [0, 0.1) is 5.41 Å². The molecule has 16 heavy (non-hydrogen) atoms. The molecule has 1 fully saturated rings. The number of Topliss-reactive ketones (excluding diaryl/α,β-unsaturated/α-hetero) is 1. The van der Waals surface area contributed by atoms with Gasteiger partial charge in [-0.25, -0.2) is 0 Å². The van der Waals surface area contributed by atoms with Crippen LogP contribution in [0.15, 0.2) is 24.3 Å². The summed E-state index contributed by atoms with van der Waals surface area (Å²) in [5.74, 6) is 0.0314. The topological polar surface area (TPSA) is 35.5 Å². The molecule has 0 saturated carbocycles. The first-order chi connectivity index (χ1) is 7.62. The Bertz CT molecular complexity index is 380. The van der Waals surface area contributed by atoms with Crippen molar-refractivity contribution in [1.82, 2.24) is 0 Å². The highest BCUT2D eigenvalue weighted by molar-refractivity contribution is 6.30. The fourth-order valence-electron chi connectivity index (χ4n) is 1.72. The van der Waals surface area contributed by atoms with Gasteiger partial charge in [-0.1, -0.05) is 11.6 Å². The van der Waals surface area contributed by atoms with Crippen molar-refractivity contribution in [1.29, 1.82) is 0 Å². The molecule has 1 aromatic carbocycles. The molecule has 0 bridgehead atoms. The molecule has 2 rings (SSSR count). The number of ether oxygens (including phenoxy) is 2. The van der Waals surface area contributed by atoms with E-state index < -0.39 is 5.41 Å². The predicted molar refractivity (Wildman–Crippen MR) is 60.7 cm³/mol. The van der Waals surface area contributed by atoms with Gasteiger partial charge >= 0.3 is 0 Å². The maximum atomic E-state index is 12.2. The van der Waals surface area contributed by atoms with Crippen molar-refractivity contribution >= 4 is 17.4 Å². The summed E-state index contributed by atoms with van der Waals surface area (Å²) in [7, 11) is 0. The van der Waals surface area contributed by atoms with Crippen LogP contribution in [0.4, 0.5) is 0 Å². The Morgan fingerprint density at radius 2 is 1.81 bits per heavy atom. The zero-order valence-electron chi connectivity index (χ0n) is 9.03. The first-order valence-electron chi connectivity index (χ1n) is 5.08. The van der Waals surface area contributed by atoms with Crippen molar-refractivity contribution in [2.75, 3.05) is 20.0 Å². The van der Waals surface area contributed by atoms with Crippen LogP contribution in [-0.2, 0) is 9.47 Å². The Hall–Kier alpha value is -0.900. The Labute approximate surface area is 99.3 Å². The van der Waals surface area contributed by atoms with Gasteiger partial charge in [0.15, 0.2) is 5.78 Å². The molecular formula is C12H13ClO3. The summed E-state index contributed by atoms with van der Waals surface area (Å²) in [5.41, 5.74) is 0.0486. The van der Waals surface area contributed by atoms with E-state index in [0.29, 0.717) is 23.8 Å². The van der Waals surface area contributed by atoms with Gasteiger partial charge in [0.2, 0.25) is 0 Å². The lowest BCUT2D eigenvalue weighted by molar-refractivity contribution is -0.144. The van der Waals surface area contributed by atoms with Gasteiger partial charge in [-0.15, -0.1) is 0 Å². The third-order valence-corrected chi connectivity index (χ3v) is 2.91. The average molecular weight is 241 g/mol. The highest BCUT2D eigenvalue weighted by Crippen LogP contribution is 2.27. The molecule has 0 amide bonds. The lowest BCUT2D eigenvalue weighted by Gasteiger charge is -2.31. The molecule has 0 aliphatic carbocycles. The minimum atomic E-state index is -0.591. The van der Waals surface area contributed by atoms with E-state index in [1.54, 1.807) is 24.3 Å². The first kappa shape index (κ1) is 11.6. The van der Waals surface area contributed by atoms with Gasteiger partial charge in [-0.2, -0.15) is 0 Å². The second kappa shape index (κ2) is 4.53. The smallest absolute Gasteiger partial charge is 0.173 e. The number of ketones is 1. The van der Waals surface area contributed by atoms with E-state index in [1.807, 2.05) is 6.92 Å². The van der Waals surface area contributed by atoms with Crippen LogP contribution in [0.2, 0.25) is 5.02 Å². The Morgan fingerprint density at radius 3 is 2.38 bits per heavy atom. The molecule has 1 aliphatic heterocycles. The van der Waals surface area contributed by atoms with Crippen LogP contribution in [0.25, 0.3) is 0 Å². The van der Waals surface area contributed by atoms with Crippen LogP contribution in [0.1, 0.15) is 17.3 Å². The minimum absolute atomic E-state index is 0.0314. The molecular weight excluding hydrogens is 228 g/mol.